The average molecular weight is 297 g/mol. The van der Waals surface area contributed by atoms with Crippen molar-refractivity contribution in [3.63, 3.8) is 0 Å². The van der Waals surface area contributed by atoms with Crippen LogP contribution < -0.4 is 10.2 Å². The molecule has 1 saturated carbocycles. The van der Waals surface area contributed by atoms with Crippen LogP contribution in [0.4, 0.5) is 10.1 Å². The summed E-state index contributed by atoms with van der Waals surface area (Å²) in [5.74, 6) is -0.210. The van der Waals surface area contributed by atoms with Crippen molar-refractivity contribution in [2.45, 2.75) is 50.6 Å². The van der Waals surface area contributed by atoms with Crippen molar-refractivity contribution in [2.24, 2.45) is 0 Å². The molecule has 1 aliphatic carbocycles. The Labute approximate surface area is 125 Å². The fourth-order valence-corrected chi connectivity index (χ4v) is 3.92. The molecule has 4 heteroatoms. The highest BCUT2D eigenvalue weighted by Crippen LogP contribution is 2.37. The van der Waals surface area contributed by atoms with E-state index in [1.807, 2.05) is 0 Å². The van der Waals surface area contributed by atoms with Gasteiger partial charge in [0.2, 0.25) is 0 Å². The first-order valence-electron chi connectivity index (χ1n) is 7.60. The van der Waals surface area contributed by atoms with Gasteiger partial charge in [0.15, 0.2) is 0 Å². The molecule has 0 bridgehead atoms. The molecule has 1 heterocycles. The smallest absolute Gasteiger partial charge is 0.125 e. The highest BCUT2D eigenvalue weighted by Gasteiger charge is 2.41. The van der Waals surface area contributed by atoms with Crippen LogP contribution in [0, 0.1) is 5.82 Å². The van der Waals surface area contributed by atoms with Crippen LogP contribution in [-0.4, -0.2) is 24.7 Å². The third kappa shape index (κ3) is 2.53. The minimum absolute atomic E-state index is 0.210. The number of halogens is 2. The molecular weight excluding hydrogens is 275 g/mol. The molecule has 20 heavy (non-hydrogen) atoms. The molecule has 2 nitrogen and oxygen atoms in total. The van der Waals surface area contributed by atoms with Gasteiger partial charge in [-0.1, -0.05) is 31.4 Å². The molecule has 0 radical (unpaired) electrons. The first kappa shape index (κ1) is 14.2. The highest BCUT2D eigenvalue weighted by atomic mass is 35.5. The molecule has 0 aromatic heterocycles. The molecule has 1 aromatic carbocycles. The SMILES string of the molecule is CCC1CNC2(CCCC2)CN1c1cc(F)ccc1Cl. The fraction of sp³-hybridized carbons (Fsp3) is 0.625. The molecule has 1 spiro atoms. The van der Waals surface area contributed by atoms with Crippen LogP contribution in [0.5, 0.6) is 0 Å². The first-order chi connectivity index (χ1) is 9.63. The van der Waals surface area contributed by atoms with Crippen LogP contribution >= 0.6 is 11.6 Å². The van der Waals surface area contributed by atoms with E-state index in [0.717, 1.165) is 25.2 Å². The van der Waals surface area contributed by atoms with Gasteiger partial charge in [-0.2, -0.15) is 0 Å². The van der Waals surface area contributed by atoms with E-state index in [-0.39, 0.29) is 11.4 Å². The number of benzene rings is 1. The molecule has 1 atom stereocenters. The summed E-state index contributed by atoms with van der Waals surface area (Å²) in [6, 6.07) is 5.07. The van der Waals surface area contributed by atoms with E-state index < -0.39 is 0 Å². The third-order valence-corrected chi connectivity index (χ3v) is 5.20. The Morgan fingerprint density at radius 1 is 1.40 bits per heavy atom. The Kier molecular flexibility index (Phi) is 3.91. The van der Waals surface area contributed by atoms with E-state index >= 15 is 0 Å². The van der Waals surface area contributed by atoms with Gasteiger partial charge in [0, 0.05) is 24.7 Å². The fourth-order valence-electron chi connectivity index (χ4n) is 3.69. The Morgan fingerprint density at radius 3 is 2.85 bits per heavy atom. The predicted octanol–water partition coefficient (Wildman–Crippen LogP) is 3.98. The molecule has 2 fully saturated rings. The van der Waals surface area contributed by atoms with Gasteiger partial charge in [-0.05, 0) is 37.5 Å². The molecule has 1 aromatic rings. The summed E-state index contributed by atoms with van der Waals surface area (Å²) in [6.45, 7) is 4.08. The zero-order chi connectivity index (χ0) is 14.2. The van der Waals surface area contributed by atoms with Gasteiger partial charge in [0.25, 0.3) is 0 Å². The lowest BCUT2D eigenvalue weighted by Gasteiger charge is -2.47. The van der Waals surface area contributed by atoms with Crippen molar-refractivity contribution in [3.05, 3.63) is 29.0 Å². The first-order valence-corrected chi connectivity index (χ1v) is 7.98. The van der Waals surface area contributed by atoms with Crippen LogP contribution in [0.15, 0.2) is 18.2 Å². The summed E-state index contributed by atoms with van der Waals surface area (Å²) in [5.41, 5.74) is 1.06. The van der Waals surface area contributed by atoms with E-state index in [0.29, 0.717) is 11.1 Å². The lowest BCUT2D eigenvalue weighted by Crippen LogP contribution is -2.63. The Bertz CT molecular complexity index is 485. The topological polar surface area (TPSA) is 15.3 Å². The number of anilines is 1. The van der Waals surface area contributed by atoms with Crippen LogP contribution in [0.3, 0.4) is 0 Å². The Morgan fingerprint density at radius 2 is 2.15 bits per heavy atom. The van der Waals surface area contributed by atoms with Gasteiger partial charge in [-0.15, -0.1) is 0 Å². The summed E-state index contributed by atoms with van der Waals surface area (Å²) in [7, 11) is 0. The Hall–Kier alpha value is -0.800. The number of nitrogens with zero attached hydrogens (tertiary/aromatic N) is 1. The maximum Gasteiger partial charge on any atom is 0.125 e. The summed E-state index contributed by atoms with van der Waals surface area (Å²) in [5, 5.41) is 4.40. The second kappa shape index (κ2) is 5.53. The van der Waals surface area contributed by atoms with Crippen molar-refractivity contribution in [1.29, 1.82) is 0 Å². The lowest BCUT2D eigenvalue weighted by molar-refractivity contribution is 0.267. The van der Waals surface area contributed by atoms with Gasteiger partial charge < -0.3 is 10.2 Å². The molecule has 1 aliphatic heterocycles. The van der Waals surface area contributed by atoms with Gasteiger partial charge in [-0.3, -0.25) is 0 Å². The summed E-state index contributed by atoms with van der Waals surface area (Å²) in [6.07, 6.45) is 6.04. The molecule has 2 aliphatic rings. The standard InChI is InChI=1S/C16H22ClFN2/c1-2-13-10-19-16(7-3-4-8-16)11-20(13)15-9-12(18)5-6-14(15)17/h5-6,9,13,19H,2-4,7-8,10-11H2,1H3. The molecule has 0 amide bonds. The molecular formula is C16H22ClFN2. The largest absolute Gasteiger partial charge is 0.364 e. The quantitative estimate of drug-likeness (QED) is 0.888. The lowest BCUT2D eigenvalue weighted by atomic mass is 9.91. The van der Waals surface area contributed by atoms with Crippen molar-refractivity contribution >= 4 is 17.3 Å². The van der Waals surface area contributed by atoms with Crippen molar-refractivity contribution in [2.75, 3.05) is 18.0 Å². The number of rotatable bonds is 2. The number of hydrogen-bond donors (Lipinski definition) is 1. The second-order valence-electron chi connectivity index (χ2n) is 6.15. The highest BCUT2D eigenvalue weighted by molar-refractivity contribution is 6.33. The van der Waals surface area contributed by atoms with E-state index in [2.05, 4.69) is 17.1 Å². The molecule has 110 valence electrons. The molecule has 3 rings (SSSR count). The van der Waals surface area contributed by atoms with Gasteiger partial charge in [-0.25, -0.2) is 4.39 Å². The summed E-state index contributed by atoms with van der Waals surface area (Å²) < 4.78 is 13.6. The zero-order valence-electron chi connectivity index (χ0n) is 12.0. The van der Waals surface area contributed by atoms with E-state index in [9.17, 15) is 4.39 Å². The van der Waals surface area contributed by atoms with E-state index in [1.54, 1.807) is 12.1 Å². The maximum atomic E-state index is 13.6. The van der Waals surface area contributed by atoms with Gasteiger partial charge in [0.1, 0.15) is 5.82 Å². The number of piperazine rings is 1. The monoisotopic (exact) mass is 296 g/mol. The van der Waals surface area contributed by atoms with Crippen LogP contribution in [0.1, 0.15) is 39.0 Å². The normalized spacial score (nSPS) is 25.4. The van der Waals surface area contributed by atoms with Crippen LogP contribution in [-0.2, 0) is 0 Å². The predicted molar refractivity (Wildman–Crippen MR) is 82.0 cm³/mol. The number of nitrogens with one attached hydrogen (secondary N) is 1. The third-order valence-electron chi connectivity index (χ3n) is 4.88. The minimum atomic E-state index is -0.210. The molecule has 1 saturated heterocycles. The summed E-state index contributed by atoms with van der Waals surface area (Å²) >= 11 is 6.32. The van der Waals surface area contributed by atoms with Crippen molar-refractivity contribution in [3.8, 4) is 0 Å². The van der Waals surface area contributed by atoms with Crippen molar-refractivity contribution < 1.29 is 4.39 Å². The zero-order valence-corrected chi connectivity index (χ0v) is 12.7. The minimum Gasteiger partial charge on any atom is -0.364 e. The van der Waals surface area contributed by atoms with E-state index in [1.165, 1.54) is 31.7 Å². The Balaban J connectivity index is 1.92. The maximum absolute atomic E-state index is 13.6. The van der Waals surface area contributed by atoms with Crippen molar-refractivity contribution in [1.82, 2.24) is 5.32 Å². The second-order valence-corrected chi connectivity index (χ2v) is 6.56. The number of hydrogen-bond acceptors (Lipinski definition) is 2. The summed E-state index contributed by atoms with van der Waals surface area (Å²) in [4.78, 5) is 2.33. The molecule has 1 N–H and O–H groups in total. The van der Waals surface area contributed by atoms with Gasteiger partial charge >= 0.3 is 0 Å². The van der Waals surface area contributed by atoms with Gasteiger partial charge in [0.05, 0.1) is 10.7 Å². The average Bonchev–Trinajstić information content (AvgIpc) is 2.90. The molecule has 1 unspecified atom stereocenters. The van der Waals surface area contributed by atoms with Crippen LogP contribution in [0.25, 0.3) is 0 Å². The van der Waals surface area contributed by atoms with E-state index in [4.69, 9.17) is 11.6 Å². The van der Waals surface area contributed by atoms with Crippen LogP contribution in [0.2, 0.25) is 5.02 Å².